The molecule has 2 aliphatic rings. The van der Waals surface area contributed by atoms with Crippen LogP contribution in [0.5, 0.6) is 0 Å². The van der Waals surface area contributed by atoms with Crippen LogP contribution >= 0.6 is 0 Å². The Morgan fingerprint density at radius 3 is 1.89 bits per heavy atom. The predicted molar refractivity (Wildman–Crippen MR) is 118 cm³/mol. The fourth-order valence-electron chi connectivity index (χ4n) is 4.87. The minimum Gasteiger partial charge on any atom is -0.0773 e. The average molecular weight is 361 g/mol. The summed E-state index contributed by atoms with van der Waals surface area (Å²) in [6, 6.07) is 30.9. The molecule has 0 heterocycles. The summed E-state index contributed by atoms with van der Waals surface area (Å²) in [5, 5.41) is 0. The van der Waals surface area contributed by atoms with E-state index in [1.807, 2.05) is 0 Å². The van der Waals surface area contributed by atoms with Gasteiger partial charge in [0, 0.05) is 0 Å². The molecule has 0 bridgehead atoms. The van der Waals surface area contributed by atoms with E-state index >= 15 is 0 Å². The van der Waals surface area contributed by atoms with Gasteiger partial charge in [0.2, 0.25) is 0 Å². The van der Waals surface area contributed by atoms with E-state index < -0.39 is 0 Å². The first kappa shape index (κ1) is 17.0. The van der Waals surface area contributed by atoms with Crippen molar-refractivity contribution in [3.63, 3.8) is 0 Å². The average Bonchev–Trinajstić information content (AvgIpc) is 2.89. The van der Waals surface area contributed by atoms with E-state index in [-0.39, 0.29) is 5.41 Å². The highest BCUT2D eigenvalue weighted by molar-refractivity contribution is 5.92. The number of allylic oxidation sites excluding steroid dienone is 6. The number of benzene rings is 3. The van der Waals surface area contributed by atoms with Crippen LogP contribution in [0.3, 0.4) is 0 Å². The van der Waals surface area contributed by atoms with E-state index in [2.05, 4.69) is 116 Å². The molecule has 0 N–H and O–H groups in total. The molecule has 1 unspecified atom stereocenters. The van der Waals surface area contributed by atoms with E-state index in [1.54, 1.807) is 0 Å². The van der Waals surface area contributed by atoms with Gasteiger partial charge >= 0.3 is 0 Å². The van der Waals surface area contributed by atoms with Crippen LogP contribution < -0.4 is 0 Å². The van der Waals surface area contributed by atoms with Crippen LogP contribution in [-0.2, 0) is 5.41 Å². The molecule has 2 aliphatic carbocycles. The van der Waals surface area contributed by atoms with E-state index in [0.717, 1.165) is 6.42 Å². The number of hydrogen-bond acceptors (Lipinski definition) is 0. The second-order valence-corrected chi connectivity index (χ2v) is 7.65. The van der Waals surface area contributed by atoms with Gasteiger partial charge in [-0.1, -0.05) is 116 Å². The Bertz CT molecular complexity index is 1040. The van der Waals surface area contributed by atoms with Crippen molar-refractivity contribution in [2.75, 3.05) is 0 Å². The third-order valence-electron chi connectivity index (χ3n) is 6.22. The lowest BCUT2D eigenvalue weighted by molar-refractivity contribution is 0.750. The van der Waals surface area contributed by atoms with Gasteiger partial charge in [0.25, 0.3) is 0 Å². The molecule has 28 heavy (non-hydrogen) atoms. The molecule has 5 rings (SSSR count). The minimum absolute atomic E-state index is 0.280. The van der Waals surface area contributed by atoms with Crippen molar-refractivity contribution in [3.8, 4) is 0 Å². The predicted octanol–water partition coefficient (Wildman–Crippen LogP) is 6.94. The molecule has 0 aliphatic heterocycles. The Kier molecular flexibility index (Phi) is 4.13. The molecule has 0 saturated heterocycles. The summed E-state index contributed by atoms with van der Waals surface area (Å²) in [6.45, 7) is 2.26. The van der Waals surface area contributed by atoms with Crippen molar-refractivity contribution in [3.05, 3.63) is 137 Å². The highest BCUT2D eigenvalue weighted by Crippen LogP contribution is 2.55. The van der Waals surface area contributed by atoms with Crippen LogP contribution in [-0.4, -0.2) is 0 Å². The van der Waals surface area contributed by atoms with Crippen LogP contribution in [0.25, 0.3) is 5.57 Å². The number of fused-ring (bicyclic) bond motifs is 2. The molecular weight excluding hydrogens is 336 g/mol. The van der Waals surface area contributed by atoms with E-state index in [0.29, 0.717) is 5.92 Å². The normalized spacial score (nSPS) is 19.2. The molecule has 0 spiro atoms. The first-order chi connectivity index (χ1) is 13.9. The van der Waals surface area contributed by atoms with Gasteiger partial charge < -0.3 is 0 Å². The minimum atomic E-state index is -0.280. The topological polar surface area (TPSA) is 0 Å². The Morgan fingerprint density at radius 2 is 1.25 bits per heavy atom. The largest absolute Gasteiger partial charge is 0.0773 e. The summed E-state index contributed by atoms with van der Waals surface area (Å²) in [5.41, 5.74) is 7.84. The molecule has 0 aromatic heterocycles. The lowest BCUT2D eigenvalue weighted by Gasteiger charge is -2.34. The quantitative estimate of drug-likeness (QED) is 0.474. The molecule has 0 amide bonds. The Hall–Kier alpha value is -3.12. The molecule has 0 fully saturated rings. The molecule has 3 aromatic rings. The standard InChI is InChI=1S/C28H24/c1-2-21-17-19-25-24-15-9-10-16-26(24)28(27(25)20-18-21,22-11-5-3-6-12-22)23-13-7-4-8-14-23/h3-21H,2H2,1H3. The van der Waals surface area contributed by atoms with Crippen molar-refractivity contribution in [1.82, 2.24) is 0 Å². The summed E-state index contributed by atoms with van der Waals surface area (Å²) in [7, 11) is 0. The van der Waals surface area contributed by atoms with Crippen molar-refractivity contribution >= 4 is 5.57 Å². The number of rotatable bonds is 3. The van der Waals surface area contributed by atoms with Gasteiger partial charge in [-0.25, -0.2) is 0 Å². The summed E-state index contributed by atoms with van der Waals surface area (Å²) < 4.78 is 0. The van der Waals surface area contributed by atoms with Gasteiger partial charge in [0.1, 0.15) is 0 Å². The van der Waals surface area contributed by atoms with Gasteiger partial charge in [0.15, 0.2) is 0 Å². The van der Waals surface area contributed by atoms with Crippen LogP contribution in [0.4, 0.5) is 0 Å². The fraction of sp³-hybridized carbons (Fsp3) is 0.143. The lowest BCUT2D eigenvalue weighted by atomic mass is 9.66. The molecular formula is C28H24. The molecule has 0 saturated carbocycles. The summed E-state index contributed by atoms with van der Waals surface area (Å²) in [4.78, 5) is 0. The van der Waals surface area contributed by atoms with Crippen LogP contribution in [0.1, 0.15) is 35.6 Å². The van der Waals surface area contributed by atoms with Gasteiger partial charge in [-0.15, -0.1) is 0 Å². The first-order valence-corrected chi connectivity index (χ1v) is 10.2. The van der Waals surface area contributed by atoms with Crippen LogP contribution in [0, 0.1) is 5.92 Å². The highest BCUT2D eigenvalue weighted by atomic mass is 14.5. The van der Waals surface area contributed by atoms with Crippen LogP contribution in [0.15, 0.2) is 115 Å². The number of hydrogen-bond donors (Lipinski definition) is 0. The van der Waals surface area contributed by atoms with E-state index in [9.17, 15) is 0 Å². The van der Waals surface area contributed by atoms with Gasteiger partial charge in [0.05, 0.1) is 5.41 Å². The Labute approximate surface area is 167 Å². The van der Waals surface area contributed by atoms with Gasteiger partial charge in [-0.05, 0) is 45.7 Å². The summed E-state index contributed by atoms with van der Waals surface area (Å²) >= 11 is 0. The maximum Gasteiger partial charge on any atom is 0.0713 e. The molecule has 136 valence electrons. The van der Waals surface area contributed by atoms with Crippen molar-refractivity contribution < 1.29 is 0 Å². The molecule has 3 aromatic carbocycles. The summed E-state index contributed by atoms with van der Waals surface area (Å²) in [6.07, 6.45) is 10.6. The molecule has 1 atom stereocenters. The highest BCUT2D eigenvalue weighted by Gasteiger charge is 2.46. The van der Waals surface area contributed by atoms with Crippen molar-refractivity contribution in [2.45, 2.75) is 18.8 Å². The summed E-state index contributed by atoms with van der Waals surface area (Å²) in [5.74, 6) is 0.488. The SMILES string of the molecule is CCC1C=CC2=C(C=C1)C(c1ccccc1)(c1ccccc1)c1ccccc12. The van der Waals surface area contributed by atoms with E-state index in [4.69, 9.17) is 0 Å². The van der Waals surface area contributed by atoms with Crippen molar-refractivity contribution in [1.29, 1.82) is 0 Å². The lowest BCUT2D eigenvalue weighted by Crippen LogP contribution is -2.29. The Morgan fingerprint density at radius 1 is 0.679 bits per heavy atom. The third kappa shape index (κ3) is 2.38. The smallest absolute Gasteiger partial charge is 0.0713 e. The maximum absolute atomic E-state index is 2.39. The zero-order valence-corrected chi connectivity index (χ0v) is 16.2. The first-order valence-electron chi connectivity index (χ1n) is 10.2. The van der Waals surface area contributed by atoms with Gasteiger partial charge in [-0.2, -0.15) is 0 Å². The van der Waals surface area contributed by atoms with E-state index in [1.165, 1.54) is 33.4 Å². The second kappa shape index (κ2) is 6.80. The zero-order chi connectivity index (χ0) is 19.0. The molecule has 0 nitrogen and oxygen atoms in total. The van der Waals surface area contributed by atoms with Gasteiger partial charge in [-0.3, -0.25) is 0 Å². The maximum atomic E-state index is 2.39. The molecule has 0 radical (unpaired) electrons. The monoisotopic (exact) mass is 360 g/mol. The van der Waals surface area contributed by atoms with Crippen LogP contribution in [0.2, 0.25) is 0 Å². The fourth-order valence-corrected chi connectivity index (χ4v) is 4.87. The Balaban J connectivity index is 1.91. The van der Waals surface area contributed by atoms with Crippen molar-refractivity contribution in [2.24, 2.45) is 5.92 Å². The zero-order valence-electron chi connectivity index (χ0n) is 16.2. The third-order valence-corrected chi connectivity index (χ3v) is 6.22. The molecule has 0 heteroatoms. The second-order valence-electron chi connectivity index (χ2n) is 7.65.